The van der Waals surface area contributed by atoms with Gasteiger partial charge in [-0.2, -0.15) is 4.57 Å². The largest absolute Gasteiger partial charge is 0.455 e. The quantitative estimate of drug-likeness (QED) is 0.110. The number of pyridine rings is 1. The highest BCUT2D eigenvalue weighted by molar-refractivity contribution is 6.89. The number of fused-ring (bicyclic) bond motifs is 18. The molecule has 0 amide bonds. The van der Waals surface area contributed by atoms with Crippen LogP contribution in [0.5, 0.6) is 0 Å². The topological polar surface area (TPSA) is 25.8 Å². The van der Waals surface area contributed by atoms with E-state index in [9.17, 15) is 2.74 Å². The van der Waals surface area contributed by atoms with E-state index < -0.39 is 25.5 Å². The standard InChI is InChI=1S/C71H63N3OSi/c1-43(2)50-29-33-54-59(38-50)71(72-42-65(76(7,8)9)56(45(5)6)41-63(54)72)60-40-58(48-25-17-12-18-26-48)66-55-34-30-51(44(3)4)39-64(55)75-69(66)67(60)70-73(62-36-31-49-27-19-20-28-53(49)68(62)74(70)71)61-35-32-52(46-21-13-10-14-22-46)37-57(61)47-23-15-11-16-24-47/h10-45H,1-9H3/q+2/i43D,45D. The molecular weight excluding hydrogens is 939 g/mol. The molecule has 14 rings (SSSR count). The number of nitrogens with zero attached hydrogens (tertiary/aromatic N) is 3. The Morgan fingerprint density at radius 3 is 1.91 bits per heavy atom. The molecule has 370 valence electrons. The zero-order valence-electron chi connectivity index (χ0n) is 46.9. The number of imidazole rings is 1. The van der Waals surface area contributed by atoms with Gasteiger partial charge in [0.15, 0.2) is 22.8 Å². The lowest BCUT2D eigenvalue weighted by Crippen LogP contribution is -2.72. The van der Waals surface area contributed by atoms with Crippen molar-refractivity contribution in [3.63, 3.8) is 0 Å². The van der Waals surface area contributed by atoms with Gasteiger partial charge in [0.25, 0.3) is 0 Å². The fraction of sp³-hybridized carbons (Fsp3) is 0.183. The van der Waals surface area contributed by atoms with E-state index in [4.69, 9.17) is 4.42 Å². The highest BCUT2D eigenvalue weighted by Crippen LogP contribution is 2.56. The van der Waals surface area contributed by atoms with Gasteiger partial charge in [-0.15, -0.1) is 9.13 Å². The number of aromatic nitrogens is 3. The molecule has 1 unspecified atom stereocenters. The molecule has 0 aliphatic carbocycles. The first-order valence-corrected chi connectivity index (χ1v) is 30.5. The smallest absolute Gasteiger partial charge is 0.365 e. The highest BCUT2D eigenvalue weighted by atomic mass is 28.3. The van der Waals surface area contributed by atoms with E-state index in [1.807, 2.05) is 27.7 Å². The maximum Gasteiger partial charge on any atom is 0.365 e. The van der Waals surface area contributed by atoms with Crippen LogP contribution in [0.2, 0.25) is 19.6 Å². The van der Waals surface area contributed by atoms with Crippen LogP contribution in [-0.4, -0.2) is 12.6 Å². The summed E-state index contributed by atoms with van der Waals surface area (Å²) in [7, 11) is -2.20. The molecule has 76 heavy (non-hydrogen) atoms. The molecule has 12 aromatic rings. The molecule has 5 heteroatoms. The second-order valence-electron chi connectivity index (χ2n) is 23.1. The Bertz CT molecular complexity index is 4460. The Balaban J connectivity index is 1.28. The van der Waals surface area contributed by atoms with Crippen LogP contribution in [0, 0.1) is 0 Å². The van der Waals surface area contributed by atoms with Crippen molar-refractivity contribution in [1.82, 2.24) is 4.57 Å². The molecule has 0 saturated heterocycles. The molecule has 1 atom stereocenters. The molecule has 0 fully saturated rings. The first-order valence-electron chi connectivity index (χ1n) is 28.0. The molecule has 0 saturated carbocycles. The Morgan fingerprint density at radius 2 is 1.22 bits per heavy atom. The minimum Gasteiger partial charge on any atom is -0.455 e. The zero-order valence-corrected chi connectivity index (χ0v) is 45.9. The van der Waals surface area contributed by atoms with Crippen molar-refractivity contribution in [2.24, 2.45) is 0 Å². The summed E-state index contributed by atoms with van der Waals surface area (Å²) in [5, 5.41) is 5.69. The number of hydrogen-bond donors (Lipinski definition) is 0. The van der Waals surface area contributed by atoms with E-state index >= 15 is 0 Å². The van der Waals surface area contributed by atoms with E-state index in [1.165, 1.54) is 10.8 Å². The van der Waals surface area contributed by atoms with Gasteiger partial charge in [0.05, 0.1) is 24.8 Å². The third-order valence-corrected chi connectivity index (χ3v) is 18.7. The van der Waals surface area contributed by atoms with Gasteiger partial charge in [0, 0.05) is 35.7 Å². The Morgan fingerprint density at radius 1 is 0.553 bits per heavy atom. The predicted molar refractivity (Wildman–Crippen MR) is 319 cm³/mol. The molecule has 3 aromatic heterocycles. The van der Waals surface area contributed by atoms with Crippen LogP contribution in [-0.2, 0) is 5.66 Å². The number of rotatable bonds is 8. The van der Waals surface area contributed by atoms with Crippen LogP contribution in [0.4, 0.5) is 0 Å². The molecule has 0 N–H and O–H groups in total. The Hall–Kier alpha value is -8.12. The summed E-state index contributed by atoms with van der Waals surface area (Å²) in [4.78, 5) is 0. The van der Waals surface area contributed by atoms with Crippen LogP contribution < -0.4 is 14.3 Å². The molecule has 9 aromatic carbocycles. The molecule has 2 aliphatic rings. The van der Waals surface area contributed by atoms with Gasteiger partial charge in [-0.1, -0.05) is 195 Å². The zero-order chi connectivity index (χ0) is 53.8. The average Bonchev–Trinajstić information content (AvgIpc) is 2.12. The van der Waals surface area contributed by atoms with Crippen molar-refractivity contribution >= 4 is 57.0 Å². The third kappa shape index (κ3) is 6.61. The van der Waals surface area contributed by atoms with Crippen molar-refractivity contribution in [1.29, 1.82) is 0 Å². The molecule has 5 heterocycles. The number of furan rings is 1. The van der Waals surface area contributed by atoms with Gasteiger partial charge in [-0.3, -0.25) is 0 Å². The van der Waals surface area contributed by atoms with Crippen LogP contribution >= 0.6 is 0 Å². The van der Waals surface area contributed by atoms with Crippen molar-refractivity contribution in [3.8, 4) is 61.7 Å². The summed E-state index contributed by atoms with van der Waals surface area (Å²) in [5.74, 6) is -0.483. The van der Waals surface area contributed by atoms with E-state index in [0.717, 1.165) is 128 Å². The van der Waals surface area contributed by atoms with E-state index in [1.54, 1.807) is 0 Å². The molecular formula is C71H63N3OSi+2. The first-order chi connectivity index (χ1) is 37.4. The Labute approximate surface area is 450 Å². The number of hydrogen-bond acceptors (Lipinski definition) is 1. The first kappa shape index (κ1) is 44.2. The predicted octanol–water partition coefficient (Wildman–Crippen LogP) is 17.4. The highest BCUT2D eigenvalue weighted by Gasteiger charge is 2.68. The lowest BCUT2D eigenvalue weighted by Gasteiger charge is -2.25. The summed E-state index contributed by atoms with van der Waals surface area (Å²) >= 11 is 0. The van der Waals surface area contributed by atoms with Gasteiger partial charge < -0.3 is 4.42 Å². The van der Waals surface area contributed by atoms with Gasteiger partial charge in [0.1, 0.15) is 16.8 Å². The minimum atomic E-state index is -2.20. The summed E-state index contributed by atoms with van der Waals surface area (Å²) in [6, 6.07) is 71.4. The summed E-state index contributed by atoms with van der Waals surface area (Å²) < 4.78 is 35.1. The molecule has 2 aliphatic heterocycles. The second kappa shape index (κ2) is 16.9. The lowest BCUT2D eigenvalue weighted by atomic mass is 9.84. The van der Waals surface area contributed by atoms with Gasteiger partial charge in [-0.05, 0) is 122 Å². The van der Waals surface area contributed by atoms with Crippen LogP contribution in [0.3, 0.4) is 0 Å². The van der Waals surface area contributed by atoms with E-state index in [2.05, 4.69) is 248 Å². The summed E-state index contributed by atoms with van der Waals surface area (Å²) in [6.45, 7) is 19.8. The summed E-state index contributed by atoms with van der Waals surface area (Å²) in [6.07, 6.45) is 2.46. The van der Waals surface area contributed by atoms with Crippen molar-refractivity contribution in [2.75, 3.05) is 0 Å². The van der Waals surface area contributed by atoms with Crippen LogP contribution in [0.25, 0.3) is 105 Å². The fourth-order valence-electron chi connectivity index (χ4n) is 13.0. The fourth-order valence-corrected chi connectivity index (χ4v) is 14.6. The average molecular weight is 1000 g/mol. The van der Waals surface area contributed by atoms with E-state index in [0.29, 0.717) is 5.92 Å². The summed E-state index contributed by atoms with van der Waals surface area (Å²) in [5.41, 5.74) is 19.1. The van der Waals surface area contributed by atoms with Crippen LogP contribution in [0.15, 0.2) is 205 Å². The Kier molecular flexibility index (Phi) is 9.85. The maximum absolute atomic E-state index is 9.82. The lowest BCUT2D eigenvalue weighted by molar-refractivity contribution is -0.944. The number of benzene rings is 9. The monoisotopic (exact) mass is 1000 g/mol. The van der Waals surface area contributed by atoms with Gasteiger partial charge in [0.2, 0.25) is 5.69 Å². The normalized spacial score (nSPS) is 15.4. The molecule has 4 nitrogen and oxygen atoms in total. The van der Waals surface area contributed by atoms with E-state index in [-0.39, 0.29) is 0 Å². The van der Waals surface area contributed by atoms with Crippen molar-refractivity contribution < 1.29 is 16.3 Å². The molecule has 0 bridgehead atoms. The van der Waals surface area contributed by atoms with Crippen molar-refractivity contribution in [3.05, 3.63) is 228 Å². The third-order valence-electron chi connectivity index (χ3n) is 16.7. The van der Waals surface area contributed by atoms with Crippen LogP contribution in [0.1, 0.15) is 89.8 Å². The SMILES string of the molecule is [2H]C(C)(C)c1ccc2c(c1)C1(c3cc(-c4ccccc4)c4c(oc5cc(C(C)C)ccc54)c3-c3n(-c4ccc(-c5ccccc5)cc4-c4ccccc4)c4ccc5ccccc5c4[n+]31)[n+]1cc([Si](C)(C)C)c(C([2H])(C)C)cc1-2. The van der Waals surface area contributed by atoms with Crippen molar-refractivity contribution in [2.45, 2.75) is 84.6 Å². The van der Waals surface area contributed by atoms with Gasteiger partial charge >= 0.3 is 11.5 Å². The molecule has 0 radical (unpaired) electrons. The second-order valence-corrected chi connectivity index (χ2v) is 28.1. The molecule has 1 spiro atoms. The maximum atomic E-state index is 9.82. The minimum absolute atomic E-state index is 0.302. The van der Waals surface area contributed by atoms with Gasteiger partial charge in [-0.25, -0.2) is 0 Å².